The van der Waals surface area contributed by atoms with Gasteiger partial charge in [0.1, 0.15) is 35.8 Å². The Morgan fingerprint density at radius 2 is 1.84 bits per heavy atom. The number of hydrogen-bond donors (Lipinski definition) is 2. The number of nitrogens with two attached hydrogens (primary N) is 1. The topological polar surface area (TPSA) is 132 Å². The Morgan fingerprint density at radius 3 is 2.63 bits per heavy atom. The van der Waals surface area contributed by atoms with Crippen LogP contribution in [0.3, 0.4) is 0 Å². The van der Waals surface area contributed by atoms with Crippen LogP contribution in [0.1, 0.15) is 31.2 Å². The molecule has 2 fully saturated rings. The van der Waals surface area contributed by atoms with Gasteiger partial charge >= 0.3 is 6.09 Å². The van der Waals surface area contributed by atoms with Crippen molar-refractivity contribution >= 4 is 57.9 Å². The third-order valence-electron chi connectivity index (χ3n) is 8.75. The number of rotatable bonds is 4. The average molecular weight is 622 g/mol. The van der Waals surface area contributed by atoms with Gasteiger partial charge in [-0.1, -0.05) is 35.3 Å². The molecule has 0 aliphatic carbocycles. The average Bonchev–Trinajstić information content (AvgIpc) is 3.37. The number of carbonyl (C=O) groups is 2. The molecule has 1 spiro atoms. The molecule has 0 radical (unpaired) electrons. The largest absolute Gasteiger partial charge is 0.437 e. The van der Waals surface area contributed by atoms with Crippen molar-refractivity contribution in [1.29, 1.82) is 0 Å². The number of benzene rings is 1. The summed E-state index contributed by atoms with van der Waals surface area (Å²) in [6.45, 7) is 2.48. The van der Waals surface area contributed by atoms with E-state index in [9.17, 15) is 9.59 Å². The van der Waals surface area contributed by atoms with Gasteiger partial charge in [-0.25, -0.2) is 19.7 Å². The molecule has 13 heteroatoms. The van der Waals surface area contributed by atoms with E-state index in [4.69, 9.17) is 33.7 Å². The summed E-state index contributed by atoms with van der Waals surface area (Å²) in [7, 11) is 0. The molecule has 7 rings (SSSR count). The number of nitrogens with zero attached hydrogens (tertiary/aromatic N) is 6. The zero-order chi connectivity index (χ0) is 29.7. The highest BCUT2D eigenvalue weighted by Gasteiger charge is 2.45. The first-order valence-corrected chi connectivity index (χ1v) is 15.1. The molecule has 43 heavy (non-hydrogen) atoms. The highest BCUT2D eigenvalue weighted by molar-refractivity contribution is 6.44. The number of pyridine rings is 1. The van der Waals surface area contributed by atoms with Gasteiger partial charge in [-0.05, 0) is 31.0 Å². The lowest BCUT2D eigenvalue weighted by Crippen LogP contribution is -2.50. The molecule has 222 valence electrons. The first kappa shape index (κ1) is 27.9. The van der Waals surface area contributed by atoms with E-state index in [1.54, 1.807) is 12.3 Å². The Balaban J connectivity index is 1.20. The summed E-state index contributed by atoms with van der Waals surface area (Å²) in [6.07, 6.45) is 7.24. The lowest BCUT2D eigenvalue weighted by molar-refractivity contribution is -0.136. The van der Waals surface area contributed by atoms with Gasteiger partial charge in [-0.15, -0.1) is 0 Å². The number of aromatic nitrogens is 4. The smallest absolute Gasteiger partial charge is 0.413 e. The van der Waals surface area contributed by atoms with Crippen molar-refractivity contribution in [3.63, 3.8) is 0 Å². The van der Waals surface area contributed by atoms with E-state index in [-0.39, 0.29) is 18.5 Å². The van der Waals surface area contributed by atoms with Crippen molar-refractivity contribution in [2.45, 2.75) is 43.9 Å². The number of fused-ring (bicyclic) bond motifs is 3. The van der Waals surface area contributed by atoms with Crippen molar-refractivity contribution in [2.24, 2.45) is 5.73 Å². The minimum atomic E-state index is -0.807. The summed E-state index contributed by atoms with van der Waals surface area (Å²) in [4.78, 5) is 43.7. The minimum absolute atomic E-state index is 0.0636. The third-order valence-corrected chi connectivity index (χ3v) is 9.57. The molecular weight excluding hydrogens is 591 g/mol. The molecule has 3 aliphatic rings. The van der Waals surface area contributed by atoms with E-state index in [0.29, 0.717) is 47.4 Å². The summed E-state index contributed by atoms with van der Waals surface area (Å²) < 4.78 is 7.67. The summed E-state index contributed by atoms with van der Waals surface area (Å²) in [6, 6.07) is 9.42. The second-order valence-electron chi connectivity index (χ2n) is 11.3. The van der Waals surface area contributed by atoms with Crippen LogP contribution in [-0.2, 0) is 21.7 Å². The van der Waals surface area contributed by atoms with Crippen molar-refractivity contribution in [3.8, 4) is 11.1 Å². The third kappa shape index (κ3) is 4.95. The maximum atomic E-state index is 13.7. The summed E-state index contributed by atoms with van der Waals surface area (Å²) in [5.74, 6) is 1.23. The highest BCUT2D eigenvalue weighted by Crippen LogP contribution is 2.43. The number of piperidine rings is 2. The van der Waals surface area contributed by atoms with Gasteiger partial charge in [0.05, 0.1) is 15.4 Å². The normalized spacial score (nSPS) is 18.4. The summed E-state index contributed by atoms with van der Waals surface area (Å²) >= 11 is 13.1. The summed E-state index contributed by atoms with van der Waals surface area (Å²) in [5.41, 5.74) is 8.41. The number of anilines is 2. The first-order chi connectivity index (χ1) is 20.8. The molecule has 0 bridgehead atoms. The minimum Gasteiger partial charge on any atom is -0.437 e. The molecule has 2 saturated heterocycles. The van der Waals surface area contributed by atoms with E-state index in [0.717, 1.165) is 53.8 Å². The molecule has 3 aliphatic heterocycles. The predicted octanol–water partition coefficient (Wildman–Crippen LogP) is 4.81. The van der Waals surface area contributed by atoms with Crippen LogP contribution >= 0.6 is 23.2 Å². The van der Waals surface area contributed by atoms with Crippen LogP contribution in [0.5, 0.6) is 0 Å². The van der Waals surface area contributed by atoms with Crippen molar-refractivity contribution < 1.29 is 14.3 Å². The van der Waals surface area contributed by atoms with E-state index < -0.39 is 11.7 Å². The molecule has 4 aromatic rings. The van der Waals surface area contributed by atoms with Gasteiger partial charge in [-0.3, -0.25) is 10.1 Å². The van der Waals surface area contributed by atoms with Crippen LogP contribution in [0.25, 0.3) is 22.2 Å². The Kier molecular flexibility index (Phi) is 7.11. The van der Waals surface area contributed by atoms with Gasteiger partial charge in [0.2, 0.25) is 5.91 Å². The number of ether oxygens (including phenoxy) is 1. The molecule has 11 nitrogen and oxygen atoms in total. The number of carbonyl (C=O) groups excluding carboxylic acids is 2. The van der Waals surface area contributed by atoms with Crippen molar-refractivity contribution in [3.05, 3.63) is 64.7 Å². The van der Waals surface area contributed by atoms with Gasteiger partial charge in [0.25, 0.3) is 0 Å². The second-order valence-corrected chi connectivity index (χ2v) is 12.1. The van der Waals surface area contributed by atoms with Gasteiger partial charge in [0, 0.05) is 74.1 Å². The van der Waals surface area contributed by atoms with Crippen molar-refractivity contribution in [2.75, 3.05) is 36.4 Å². The lowest BCUT2D eigenvalue weighted by Gasteiger charge is -2.43. The maximum Gasteiger partial charge on any atom is 0.413 e. The number of hydrogen-bond acceptors (Lipinski definition) is 8. The maximum absolute atomic E-state index is 13.7. The molecule has 0 saturated carbocycles. The SMILES string of the molecule is NC1CCN(c2ncnc3c2c(-c2cccc(Cl)c2Cl)cn3CC(=O)N2CCC3(CC2)OC(=O)Nc2ncccc23)CC1. The molecular formula is C30H30Cl2N8O3. The van der Waals surface area contributed by atoms with E-state index in [1.165, 1.54) is 6.33 Å². The fraction of sp³-hybridized carbons (Fsp3) is 0.367. The Bertz CT molecular complexity index is 1730. The molecule has 0 unspecified atom stereocenters. The van der Waals surface area contributed by atoms with E-state index >= 15 is 0 Å². The zero-order valence-corrected chi connectivity index (χ0v) is 24.8. The standard InChI is InChI=1S/C30H30Cl2N8O3/c31-22-5-1-3-19(25(22)32)20-15-40(28-24(20)27(35-17-36-28)39-11-6-18(33)7-12-39)16-23(41)38-13-8-30(9-14-38)21-4-2-10-34-26(21)37-29(42)43-30/h1-5,10,15,17-18H,6-9,11-14,16,33H2,(H,34,37,42). The van der Waals surface area contributed by atoms with Crippen LogP contribution < -0.4 is 16.0 Å². The number of halogens is 2. The van der Waals surface area contributed by atoms with Crippen LogP contribution in [0.2, 0.25) is 10.0 Å². The molecule has 6 heterocycles. The molecule has 0 atom stereocenters. The van der Waals surface area contributed by atoms with Crippen LogP contribution in [0.15, 0.2) is 49.1 Å². The molecule has 2 amide bonds. The zero-order valence-electron chi connectivity index (χ0n) is 23.3. The fourth-order valence-corrected chi connectivity index (χ4v) is 6.86. The quantitative estimate of drug-likeness (QED) is 0.332. The van der Waals surface area contributed by atoms with E-state index in [2.05, 4.69) is 25.2 Å². The Hall–Kier alpha value is -3.93. The van der Waals surface area contributed by atoms with E-state index in [1.807, 2.05) is 39.9 Å². The molecule has 3 N–H and O–H groups in total. The summed E-state index contributed by atoms with van der Waals surface area (Å²) in [5, 5.41) is 4.36. The highest BCUT2D eigenvalue weighted by atomic mass is 35.5. The van der Waals surface area contributed by atoms with Gasteiger partial charge in [-0.2, -0.15) is 0 Å². The Labute approximate surface area is 257 Å². The van der Waals surface area contributed by atoms with Gasteiger partial charge < -0.3 is 24.8 Å². The number of nitrogens with one attached hydrogen (secondary N) is 1. The fourth-order valence-electron chi connectivity index (χ4n) is 6.46. The molecule has 3 aromatic heterocycles. The lowest BCUT2D eigenvalue weighted by atomic mass is 9.83. The van der Waals surface area contributed by atoms with Crippen LogP contribution in [-0.4, -0.2) is 68.6 Å². The second kappa shape index (κ2) is 11.0. The number of amides is 2. The monoisotopic (exact) mass is 620 g/mol. The first-order valence-electron chi connectivity index (χ1n) is 14.3. The molecule has 1 aromatic carbocycles. The van der Waals surface area contributed by atoms with Gasteiger partial charge in [0.15, 0.2) is 0 Å². The number of likely N-dealkylation sites (tertiary alicyclic amines) is 1. The van der Waals surface area contributed by atoms with Crippen LogP contribution in [0, 0.1) is 0 Å². The predicted molar refractivity (Wildman–Crippen MR) is 164 cm³/mol. The van der Waals surface area contributed by atoms with Crippen LogP contribution in [0.4, 0.5) is 16.4 Å². The van der Waals surface area contributed by atoms with Crippen molar-refractivity contribution in [1.82, 2.24) is 24.4 Å². The Morgan fingerprint density at radius 1 is 1.05 bits per heavy atom.